The number of benzene rings is 1. The van der Waals surface area contributed by atoms with Crippen LogP contribution in [0.4, 0.5) is 5.95 Å². The lowest BCUT2D eigenvalue weighted by Gasteiger charge is -2.02. The van der Waals surface area contributed by atoms with E-state index in [1.165, 1.54) is 0 Å². The summed E-state index contributed by atoms with van der Waals surface area (Å²) in [5.74, 6) is 1.52. The first-order valence-electron chi connectivity index (χ1n) is 4.99. The summed E-state index contributed by atoms with van der Waals surface area (Å²) >= 11 is 5.73. The Morgan fingerprint density at radius 2 is 1.85 bits per heavy atom. The molecule has 20 heavy (non-hydrogen) atoms. The second-order valence-corrected chi connectivity index (χ2v) is 4.66. The van der Waals surface area contributed by atoms with Crippen LogP contribution in [0.1, 0.15) is 5.82 Å². The quantitative estimate of drug-likeness (QED) is 0.610. The third-order valence-corrected chi connectivity index (χ3v) is 1.99. The number of hydrogen-bond donors (Lipinski definition) is 4. The number of rotatable bonds is 3. The van der Waals surface area contributed by atoms with Gasteiger partial charge in [-0.3, -0.25) is 14.2 Å². The number of ether oxygens (including phenoxy) is 1. The summed E-state index contributed by atoms with van der Waals surface area (Å²) in [5.41, 5.74) is 5.34. The number of aromatic amines is 1. The first kappa shape index (κ1) is 16.2. The van der Waals surface area contributed by atoms with Gasteiger partial charge in [0.25, 0.3) is 0 Å². The topological polar surface area (TPSA) is 151 Å². The second kappa shape index (κ2) is 7.05. The highest BCUT2D eigenvalue weighted by molar-refractivity contribution is 7.79. The molecule has 0 aliphatic heterocycles. The van der Waals surface area contributed by atoms with Gasteiger partial charge in [-0.2, -0.15) is 13.4 Å². The fourth-order valence-corrected chi connectivity index (χ4v) is 1.18. The van der Waals surface area contributed by atoms with E-state index in [1.54, 1.807) is 24.3 Å². The highest BCUT2D eigenvalue weighted by atomic mass is 35.5. The normalized spacial score (nSPS) is 10.6. The van der Waals surface area contributed by atoms with Crippen molar-refractivity contribution in [3.63, 3.8) is 0 Å². The van der Waals surface area contributed by atoms with Crippen molar-refractivity contribution in [1.82, 2.24) is 15.2 Å². The molecular weight excluding hydrogens is 312 g/mol. The molecule has 1 aromatic heterocycles. The van der Waals surface area contributed by atoms with Crippen molar-refractivity contribution in [3.05, 3.63) is 35.1 Å². The predicted octanol–water partition coefficient (Wildman–Crippen LogP) is 0.966. The number of nitrogens with one attached hydrogen (secondary N) is 1. The predicted molar refractivity (Wildman–Crippen MR) is 70.8 cm³/mol. The molecule has 11 heteroatoms. The minimum absolute atomic E-state index is 0.213. The van der Waals surface area contributed by atoms with Crippen LogP contribution in [0, 0.1) is 0 Å². The van der Waals surface area contributed by atoms with Crippen LogP contribution in [0.5, 0.6) is 5.75 Å². The number of anilines is 1. The average Bonchev–Trinajstić information content (AvgIpc) is 2.72. The molecule has 0 aliphatic rings. The molecular formula is C9H11ClN4O5S. The van der Waals surface area contributed by atoms with Crippen LogP contribution in [0.15, 0.2) is 24.3 Å². The molecule has 0 atom stereocenters. The lowest BCUT2D eigenvalue weighted by atomic mass is 10.3. The molecule has 1 aromatic carbocycles. The molecule has 9 nitrogen and oxygen atoms in total. The second-order valence-electron chi connectivity index (χ2n) is 3.33. The SMILES string of the molecule is Nc1n[nH]c(COc2ccc(Cl)cc2)n1.O=S(=O)(O)O. The van der Waals surface area contributed by atoms with Crippen molar-refractivity contribution in [2.45, 2.75) is 6.61 Å². The molecule has 2 aromatic rings. The molecule has 0 radical (unpaired) electrons. The van der Waals surface area contributed by atoms with Crippen molar-refractivity contribution in [2.24, 2.45) is 0 Å². The van der Waals surface area contributed by atoms with Crippen LogP contribution in [0.3, 0.4) is 0 Å². The van der Waals surface area contributed by atoms with Gasteiger partial charge in [0.2, 0.25) is 5.95 Å². The maximum atomic E-state index is 8.74. The van der Waals surface area contributed by atoms with Crippen LogP contribution in [0.25, 0.3) is 0 Å². The Labute approximate surface area is 119 Å². The van der Waals surface area contributed by atoms with E-state index in [0.717, 1.165) is 5.75 Å². The van der Waals surface area contributed by atoms with E-state index < -0.39 is 10.4 Å². The molecule has 0 unspecified atom stereocenters. The van der Waals surface area contributed by atoms with Crippen molar-refractivity contribution in [3.8, 4) is 5.75 Å². The standard InChI is InChI=1S/C9H9ClN4O.H2O4S/c10-6-1-3-7(4-2-6)15-5-8-12-9(11)14-13-8;1-5(2,3)4/h1-4H,5H2,(H3,11,12,13,14);(H2,1,2,3,4). The molecule has 0 bridgehead atoms. The summed E-state index contributed by atoms with van der Waals surface area (Å²) in [4.78, 5) is 3.90. The molecule has 0 spiro atoms. The monoisotopic (exact) mass is 322 g/mol. The largest absolute Gasteiger partial charge is 0.486 e. The van der Waals surface area contributed by atoms with Crippen molar-refractivity contribution >= 4 is 27.9 Å². The number of hydrogen-bond acceptors (Lipinski definition) is 6. The number of halogens is 1. The summed E-state index contributed by atoms with van der Waals surface area (Å²) in [6.07, 6.45) is 0. The lowest BCUT2D eigenvalue weighted by molar-refractivity contribution is 0.296. The van der Waals surface area contributed by atoms with Gasteiger partial charge in [-0.25, -0.2) is 0 Å². The lowest BCUT2D eigenvalue weighted by Crippen LogP contribution is -1.97. The van der Waals surface area contributed by atoms with E-state index in [0.29, 0.717) is 17.5 Å². The molecule has 110 valence electrons. The average molecular weight is 323 g/mol. The third kappa shape index (κ3) is 7.53. The van der Waals surface area contributed by atoms with Gasteiger partial charge in [-0.05, 0) is 24.3 Å². The fourth-order valence-electron chi connectivity index (χ4n) is 1.06. The van der Waals surface area contributed by atoms with Crippen LogP contribution in [-0.2, 0) is 17.0 Å². The van der Waals surface area contributed by atoms with E-state index in [1.807, 2.05) is 0 Å². The molecule has 0 fully saturated rings. The fraction of sp³-hybridized carbons (Fsp3) is 0.111. The van der Waals surface area contributed by atoms with E-state index in [2.05, 4.69) is 15.2 Å². The van der Waals surface area contributed by atoms with Crippen LogP contribution >= 0.6 is 11.6 Å². The Bertz CT molecular complexity index is 635. The Balaban J connectivity index is 0.000000347. The van der Waals surface area contributed by atoms with Gasteiger partial charge in [0.15, 0.2) is 5.82 Å². The zero-order chi connectivity index (χ0) is 15.2. The summed E-state index contributed by atoms with van der Waals surface area (Å²) in [6, 6.07) is 7.07. The maximum absolute atomic E-state index is 8.74. The summed E-state index contributed by atoms with van der Waals surface area (Å²) < 4.78 is 37.0. The van der Waals surface area contributed by atoms with Crippen molar-refractivity contribution < 1.29 is 22.3 Å². The first-order chi connectivity index (χ1) is 9.24. The van der Waals surface area contributed by atoms with Gasteiger partial charge in [-0.15, -0.1) is 5.10 Å². The van der Waals surface area contributed by atoms with Crippen LogP contribution < -0.4 is 10.5 Å². The number of nitrogen functional groups attached to an aromatic ring is 1. The summed E-state index contributed by atoms with van der Waals surface area (Å²) in [7, 11) is -4.67. The minimum atomic E-state index is -4.67. The van der Waals surface area contributed by atoms with E-state index in [4.69, 9.17) is 39.6 Å². The van der Waals surface area contributed by atoms with Crippen molar-refractivity contribution in [2.75, 3.05) is 5.73 Å². The Kier molecular flexibility index (Phi) is 5.70. The molecule has 1 heterocycles. The Morgan fingerprint density at radius 3 is 2.30 bits per heavy atom. The third-order valence-electron chi connectivity index (χ3n) is 1.74. The molecule has 0 saturated heterocycles. The van der Waals surface area contributed by atoms with Gasteiger partial charge < -0.3 is 10.5 Å². The number of nitrogens with zero attached hydrogens (tertiary/aromatic N) is 2. The molecule has 0 saturated carbocycles. The highest BCUT2D eigenvalue weighted by Crippen LogP contribution is 2.16. The number of H-pyrrole nitrogens is 1. The van der Waals surface area contributed by atoms with Crippen LogP contribution in [-0.4, -0.2) is 32.7 Å². The van der Waals surface area contributed by atoms with Crippen molar-refractivity contribution in [1.29, 1.82) is 0 Å². The van der Waals surface area contributed by atoms with Gasteiger partial charge in [0, 0.05) is 5.02 Å². The molecule has 5 N–H and O–H groups in total. The Morgan fingerprint density at radius 1 is 1.30 bits per heavy atom. The summed E-state index contributed by atoms with van der Waals surface area (Å²) in [6.45, 7) is 0.297. The maximum Gasteiger partial charge on any atom is 0.394 e. The first-order valence-corrected chi connectivity index (χ1v) is 6.76. The molecule has 0 amide bonds. The molecule has 2 rings (SSSR count). The van der Waals surface area contributed by atoms with E-state index in [-0.39, 0.29) is 5.95 Å². The van der Waals surface area contributed by atoms with E-state index in [9.17, 15) is 0 Å². The van der Waals surface area contributed by atoms with Gasteiger partial charge >= 0.3 is 10.4 Å². The Hall–Kier alpha value is -1.88. The zero-order valence-corrected chi connectivity index (χ0v) is 11.5. The van der Waals surface area contributed by atoms with Gasteiger partial charge in [0.05, 0.1) is 0 Å². The van der Waals surface area contributed by atoms with Gasteiger partial charge in [-0.1, -0.05) is 11.6 Å². The number of nitrogens with two attached hydrogens (primary N) is 1. The molecule has 0 aliphatic carbocycles. The number of aromatic nitrogens is 3. The summed E-state index contributed by atoms with van der Waals surface area (Å²) in [5, 5.41) is 7.01. The van der Waals surface area contributed by atoms with Gasteiger partial charge in [0.1, 0.15) is 12.4 Å². The highest BCUT2D eigenvalue weighted by Gasteiger charge is 2.00. The minimum Gasteiger partial charge on any atom is -0.486 e. The zero-order valence-electron chi connectivity index (χ0n) is 9.89. The van der Waals surface area contributed by atoms with Crippen LogP contribution in [0.2, 0.25) is 5.02 Å². The van der Waals surface area contributed by atoms with E-state index >= 15 is 0 Å². The smallest absolute Gasteiger partial charge is 0.394 e.